The molecule has 8 nitrogen and oxygen atoms in total. The lowest BCUT2D eigenvalue weighted by Crippen LogP contribution is -2.20. The molecule has 2 amide bonds. The molecule has 3 aromatic heterocycles. The maximum atomic E-state index is 12.5. The summed E-state index contributed by atoms with van der Waals surface area (Å²) in [5.74, 6) is 0.613. The van der Waals surface area contributed by atoms with Crippen LogP contribution in [0.25, 0.3) is 28.3 Å². The number of rotatable bonds is 4. The first kappa shape index (κ1) is 20.3. The number of nitrogens with zero attached hydrogens (tertiary/aromatic N) is 5. The van der Waals surface area contributed by atoms with E-state index in [4.69, 9.17) is 5.10 Å². The van der Waals surface area contributed by atoms with E-state index in [0.29, 0.717) is 17.2 Å². The first-order chi connectivity index (χ1) is 16.1. The molecule has 5 rings (SSSR count). The minimum Gasteiger partial charge on any atom is -0.308 e. The third-order valence-corrected chi connectivity index (χ3v) is 5.23. The molecule has 0 bridgehead atoms. The van der Waals surface area contributed by atoms with Gasteiger partial charge in [0.25, 0.3) is 0 Å². The van der Waals surface area contributed by atoms with Crippen molar-refractivity contribution in [2.45, 2.75) is 13.8 Å². The summed E-state index contributed by atoms with van der Waals surface area (Å²) in [6.07, 6.45) is 3.43. The molecule has 0 aliphatic carbocycles. The molecule has 0 unspecified atom stereocenters. The van der Waals surface area contributed by atoms with Crippen molar-refractivity contribution in [1.29, 1.82) is 0 Å². The number of amides is 2. The number of aryl methyl sites for hydroxylation is 2. The number of carbonyl (C=O) groups is 1. The molecule has 0 atom stereocenters. The van der Waals surface area contributed by atoms with Gasteiger partial charge in [-0.3, -0.25) is 4.98 Å². The fourth-order valence-electron chi connectivity index (χ4n) is 3.61. The number of hydrogen-bond acceptors (Lipinski definition) is 5. The van der Waals surface area contributed by atoms with Gasteiger partial charge in [-0.25, -0.2) is 4.79 Å². The van der Waals surface area contributed by atoms with Crippen molar-refractivity contribution in [3.05, 3.63) is 90.3 Å². The molecular formula is C25H21N7O. The van der Waals surface area contributed by atoms with E-state index >= 15 is 0 Å². The van der Waals surface area contributed by atoms with Gasteiger partial charge in [-0.15, -0.1) is 10.2 Å². The Hall–Kier alpha value is -4.59. The lowest BCUT2D eigenvalue weighted by molar-refractivity contribution is 0.262. The molecular weight excluding hydrogens is 414 g/mol. The standard InChI is InChI=1S/C25H21N7O/c1-16-8-9-21(17(2)13-16)28-25(33)27-20-7-3-5-18(14-20)22-10-11-23-29-30-24(32(23)31-22)19-6-4-12-26-15-19/h3-15H,1-2H3,(H2,27,28,33). The van der Waals surface area contributed by atoms with Crippen LogP contribution in [0, 0.1) is 13.8 Å². The summed E-state index contributed by atoms with van der Waals surface area (Å²) in [5.41, 5.74) is 6.64. The zero-order chi connectivity index (χ0) is 22.8. The quantitative estimate of drug-likeness (QED) is 0.409. The minimum atomic E-state index is -0.305. The van der Waals surface area contributed by atoms with Crippen LogP contribution in [0.3, 0.4) is 0 Å². The number of aromatic nitrogens is 5. The van der Waals surface area contributed by atoms with Gasteiger partial charge in [-0.2, -0.15) is 9.61 Å². The van der Waals surface area contributed by atoms with Crippen LogP contribution in [-0.4, -0.2) is 30.8 Å². The van der Waals surface area contributed by atoms with Crippen molar-refractivity contribution < 1.29 is 4.79 Å². The second-order valence-corrected chi connectivity index (χ2v) is 7.73. The van der Waals surface area contributed by atoms with E-state index in [-0.39, 0.29) is 6.03 Å². The highest BCUT2D eigenvalue weighted by Gasteiger charge is 2.12. The summed E-state index contributed by atoms with van der Waals surface area (Å²) in [6, 6.07) is 20.6. The predicted octanol–water partition coefficient (Wildman–Crippen LogP) is 5.11. The van der Waals surface area contributed by atoms with E-state index in [1.807, 2.05) is 80.6 Å². The Kier molecular flexibility index (Phi) is 5.24. The van der Waals surface area contributed by atoms with E-state index in [2.05, 4.69) is 25.8 Å². The smallest absolute Gasteiger partial charge is 0.308 e. The number of anilines is 2. The van der Waals surface area contributed by atoms with Gasteiger partial charge >= 0.3 is 6.03 Å². The molecule has 162 valence electrons. The molecule has 33 heavy (non-hydrogen) atoms. The second kappa shape index (κ2) is 8.51. The number of carbonyl (C=O) groups excluding carboxylic acids is 1. The largest absolute Gasteiger partial charge is 0.323 e. The Labute approximate surface area is 190 Å². The van der Waals surface area contributed by atoms with Gasteiger partial charge in [0.15, 0.2) is 11.5 Å². The van der Waals surface area contributed by atoms with Gasteiger partial charge in [0.2, 0.25) is 0 Å². The highest BCUT2D eigenvalue weighted by molar-refractivity contribution is 6.00. The highest BCUT2D eigenvalue weighted by atomic mass is 16.2. The summed E-state index contributed by atoms with van der Waals surface area (Å²) in [5, 5.41) is 19.0. The molecule has 2 aromatic carbocycles. The lowest BCUT2D eigenvalue weighted by Gasteiger charge is -2.11. The van der Waals surface area contributed by atoms with Gasteiger partial charge in [0, 0.05) is 34.9 Å². The Morgan fingerprint density at radius 1 is 0.879 bits per heavy atom. The van der Waals surface area contributed by atoms with Gasteiger partial charge in [0.05, 0.1) is 5.69 Å². The van der Waals surface area contributed by atoms with Crippen LogP contribution in [0.2, 0.25) is 0 Å². The summed E-state index contributed by atoms with van der Waals surface area (Å²) in [6.45, 7) is 3.99. The number of benzene rings is 2. The molecule has 0 radical (unpaired) electrons. The predicted molar refractivity (Wildman–Crippen MR) is 128 cm³/mol. The van der Waals surface area contributed by atoms with Gasteiger partial charge < -0.3 is 10.6 Å². The molecule has 8 heteroatoms. The van der Waals surface area contributed by atoms with E-state index in [1.54, 1.807) is 16.9 Å². The zero-order valence-corrected chi connectivity index (χ0v) is 18.1. The Morgan fingerprint density at radius 3 is 2.58 bits per heavy atom. The number of fused-ring (bicyclic) bond motifs is 1. The maximum absolute atomic E-state index is 12.5. The average Bonchev–Trinajstić information content (AvgIpc) is 3.25. The normalized spacial score (nSPS) is 10.8. The minimum absolute atomic E-state index is 0.305. The fraction of sp³-hybridized carbons (Fsp3) is 0.0800. The summed E-state index contributed by atoms with van der Waals surface area (Å²) < 4.78 is 1.69. The third kappa shape index (κ3) is 4.27. The number of nitrogens with one attached hydrogen (secondary N) is 2. The SMILES string of the molecule is Cc1ccc(NC(=O)Nc2cccc(-c3ccc4nnc(-c5cccnc5)n4n3)c2)c(C)c1. The first-order valence-electron chi connectivity index (χ1n) is 10.5. The zero-order valence-electron chi connectivity index (χ0n) is 18.1. The monoisotopic (exact) mass is 435 g/mol. The van der Waals surface area contributed by atoms with Crippen molar-refractivity contribution in [2.24, 2.45) is 0 Å². The molecule has 0 saturated carbocycles. The van der Waals surface area contributed by atoms with Crippen LogP contribution in [0.1, 0.15) is 11.1 Å². The van der Waals surface area contributed by atoms with E-state index < -0.39 is 0 Å². The molecule has 0 aliphatic rings. The topological polar surface area (TPSA) is 97.1 Å². The highest BCUT2D eigenvalue weighted by Crippen LogP contribution is 2.24. The number of hydrogen-bond donors (Lipinski definition) is 2. The van der Waals surface area contributed by atoms with Crippen LogP contribution in [0.4, 0.5) is 16.2 Å². The van der Waals surface area contributed by atoms with Crippen LogP contribution in [0.5, 0.6) is 0 Å². The van der Waals surface area contributed by atoms with E-state index in [0.717, 1.165) is 33.6 Å². The van der Waals surface area contributed by atoms with Gasteiger partial charge in [-0.1, -0.05) is 29.8 Å². The molecule has 3 heterocycles. The van der Waals surface area contributed by atoms with Crippen molar-refractivity contribution in [3.8, 4) is 22.6 Å². The van der Waals surface area contributed by atoms with Crippen molar-refractivity contribution >= 4 is 23.1 Å². The molecule has 0 fully saturated rings. The van der Waals surface area contributed by atoms with Crippen molar-refractivity contribution in [1.82, 2.24) is 24.8 Å². The third-order valence-electron chi connectivity index (χ3n) is 5.23. The molecule has 5 aromatic rings. The van der Waals surface area contributed by atoms with Crippen molar-refractivity contribution in [3.63, 3.8) is 0 Å². The van der Waals surface area contributed by atoms with E-state index in [9.17, 15) is 4.79 Å². The van der Waals surface area contributed by atoms with Crippen LogP contribution < -0.4 is 10.6 Å². The Bertz CT molecular complexity index is 1460. The molecule has 0 aliphatic heterocycles. The molecule has 0 spiro atoms. The molecule has 0 saturated heterocycles. The summed E-state index contributed by atoms with van der Waals surface area (Å²) >= 11 is 0. The second-order valence-electron chi connectivity index (χ2n) is 7.73. The van der Waals surface area contributed by atoms with Crippen molar-refractivity contribution in [2.75, 3.05) is 10.6 Å². The number of urea groups is 1. The molecule has 2 N–H and O–H groups in total. The van der Waals surface area contributed by atoms with Crippen LogP contribution in [-0.2, 0) is 0 Å². The van der Waals surface area contributed by atoms with Crippen LogP contribution >= 0.6 is 0 Å². The van der Waals surface area contributed by atoms with E-state index in [1.165, 1.54) is 0 Å². The maximum Gasteiger partial charge on any atom is 0.323 e. The fourth-order valence-corrected chi connectivity index (χ4v) is 3.61. The Morgan fingerprint density at radius 2 is 1.76 bits per heavy atom. The average molecular weight is 435 g/mol. The number of pyridine rings is 1. The van der Waals surface area contributed by atoms with Crippen LogP contribution in [0.15, 0.2) is 79.1 Å². The summed E-state index contributed by atoms with van der Waals surface area (Å²) in [7, 11) is 0. The first-order valence-corrected chi connectivity index (χ1v) is 10.5. The Balaban J connectivity index is 1.40. The lowest BCUT2D eigenvalue weighted by atomic mass is 10.1. The summed E-state index contributed by atoms with van der Waals surface area (Å²) in [4.78, 5) is 16.7. The van der Waals surface area contributed by atoms with Gasteiger partial charge in [-0.05, 0) is 61.9 Å². The van der Waals surface area contributed by atoms with Gasteiger partial charge in [0.1, 0.15) is 0 Å².